The van der Waals surface area contributed by atoms with Crippen LogP contribution < -0.4 is 0 Å². The van der Waals surface area contributed by atoms with Crippen molar-refractivity contribution in [3.63, 3.8) is 0 Å². The van der Waals surface area contributed by atoms with Crippen molar-refractivity contribution in [1.82, 2.24) is 0 Å². The minimum absolute atomic E-state index is 0.129. The van der Waals surface area contributed by atoms with Gasteiger partial charge in [-0.05, 0) is 18.3 Å². The number of hydrogen-bond donors (Lipinski definition) is 0. The Kier molecular flexibility index (Phi) is 4.20. The van der Waals surface area contributed by atoms with Gasteiger partial charge in [0.1, 0.15) is 6.10 Å². The van der Waals surface area contributed by atoms with E-state index in [1.54, 1.807) is 14.2 Å². The quantitative estimate of drug-likeness (QED) is 0.562. The van der Waals surface area contributed by atoms with E-state index >= 15 is 0 Å². The van der Waals surface area contributed by atoms with E-state index in [1.807, 2.05) is 0 Å². The van der Waals surface area contributed by atoms with Gasteiger partial charge in [0, 0.05) is 21.1 Å². The first-order chi connectivity index (χ1) is 7.75. The summed E-state index contributed by atoms with van der Waals surface area (Å²) >= 11 is 0. The fraction of sp³-hybridized carbons (Fsp3) is 0.923. The van der Waals surface area contributed by atoms with Crippen molar-refractivity contribution in [2.75, 3.05) is 14.2 Å². The normalized spacial score (nSPS) is 31.8. The molecule has 0 spiro atoms. The lowest BCUT2D eigenvalue weighted by atomic mass is 9.81. The third-order valence-electron chi connectivity index (χ3n) is 3.61. The average molecular weight is 244 g/mol. The molecule has 0 saturated heterocycles. The maximum Gasteiger partial charge on any atom is 0.302 e. The van der Waals surface area contributed by atoms with E-state index in [0.29, 0.717) is 0 Å². The zero-order chi connectivity index (χ0) is 13.3. The molecule has 0 aromatic heterocycles. The lowest BCUT2D eigenvalue weighted by Gasteiger charge is -2.36. The molecule has 0 aromatic rings. The summed E-state index contributed by atoms with van der Waals surface area (Å²) in [5.41, 5.74) is -0.164. The van der Waals surface area contributed by atoms with Crippen molar-refractivity contribution in [3.05, 3.63) is 0 Å². The SMILES string of the molecule is COC(OC)[C@@]1(C)CC(C)(C)C[C@H]1OC(C)=O. The molecule has 1 saturated carbocycles. The number of ether oxygens (including phenoxy) is 3. The molecule has 1 aliphatic carbocycles. The van der Waals surface area contributed by atoms with Crippen molar-refractivity contribution in [3.8, 4) is 0 Å². The van der Waals surface area contributed by atoms with Gasteiger partial charge in [0.25, 0.3) is 0 Å². The van der Waals surface area contributed by atoms with Gasteiger partial charge in [-0.25, -0.2) is 0 Å². The number of hydrogen-bond acceptors (Lipinski definition) is 4. The van der Waals surface area contributed by atoms with Crippen LogP contribution in [0, 0.1) is 10.8 Å². The third kappa shape index (κ3) is 2.99. The summed E-state index contributed by atoms with van der Waals surface area (Å²) < 4.78 is 16.2. The van der Waals surface area contributed by atoms with Gasteiger partial charge in [-0.1, -0.05) is 20.8 Å². The number of carbonyl (C=O) groups is 1. The summed E-state index contributed by atoms with van der Waals surface area (Å²) in [5.74, 6) is -0.245. The predicted molar refractivity (Wildman–Crippen MR) is 64.5 cm³/mol. The summed E-state index contributed by atoms with van der Waals surface area (Å²) in [4.78, 5) is 11.2. The first kappa shape index (κ1) is 14.5. The predicted octanol–water partition coefficient (Wildman–Crippen LogP) is 2.36. The second-order valence-corrected chi connectivity index (χ2v) is 5.95. The molecule has 100 valence electrons. The van der Waals surface area contributed by atoms with Crippen LogP contribution in [0.1, 0.15) is 40.5 Å². The summed E-state index contributed by atoms with van der Waals surface area (Å²) in [7, 11) is 3.24. The largest absolute Gasteiger partial charge is 0.462 e. The van der Waals surface area contributed by atoms with Crippen LogP contribution in [-0.4, -0.2) is 32.6 Å². The Bertz CT molecular complexity index is 283. The van der Waals surface area contributed by atoms with Crippen molar-refractivity contribution >= 4 is 5.97 Å². The van der Waals surface area contributed by atoms with E-state index in [1.165, 1.54) is 6.92 Å². The smallest absolute Gasteiger partial charge is 0.302 e. The van der Waals surface area contributed by atoms with Crippen LogP contribution in [0.15, 0.2) is 0 Å². The van der Waals surface area contributed by atoms with Crippen LogP contribution in [0.25, 0.3) is 0 Å². The second kappa shape index (κ2) is 4.94. The van der Waals surface area contributed by atoms with E-state index in [0.717, 1.165) is 12.8 Å². The molecule has 1 aliphatic rings. The number of esters is 1. The minimum Gasteiger partial charge on any atom is -0.462 e. The summed E-state index contributed by atoms with van der Waals surface area (Å²) in [6.07, 6.45) is 1.24. The first-order valence-corrected chi connectivity index (χ1v) is 5.98. The molecule has 0 amide bonds. The van der Waals surface area contributed by atoms with E-state index in [2.05, 4.69) is 20.8 Å². The molecule has 0 heterocycles. The molecule has 0 radical (unpaired) electrons. The van der Waals surface area contributed by atoms with Gasteiger partial charge in [0.05, 0.1) is 5.41 Å². The van der Waals surface area contributed by atoms with Gasteiger partial charge in [0.15, 0.2) is 6.29 Å². The monoisotopic (exact) mass is 244 g/mol. The second-order valence-electron chi connectivity index (χ2n) is 5.95. The van der Waals surface area contributed by atoms with Crippen LogP contribution in [0.4, 0.5) is 0 Å². The highest BCUT2D eigenvalue weighted by Gasteiger charge is 2.54. The summed E-state index contributed by atoms with van der Waals surface area (Å²) in [5, 5.41) is 0. The summed E-state index contributed by atoms with van der Waals surface area (Å²) in [6.45, 7) is 7.86. The number of methoxy groups -OCH3 is 2. The fourth-order valence-corrected chi connectivity index (χ4v) is 3.20. The molecular formula is C13H24O4. The van der Waals surface area contributed by atoms with Crippen LogP contribution >= 0.6 is 0 Å². The Morgan fingerprint density at radius 3 is 2.18 bits per heavy atom. The maximum absolute atomic E-state index is 11.2. The van der Waals surface area contributed by atoms with Crippen molar-refractivity contribution in [1.29, 1.82) is 0 Å². The molecule has 2 atom stereocenters. The lowest BCUT2D eigenvalue weighted by Crippen LogP contribution is -2.43. The van der Waals surface area contributed by atoms with E-state index in [4.69, 9.17) is 14.2 Å². The van der Waals surface area contributed by atoms with Gasteiger partial charge < -0.3 is 14.2 Å². The highest BCUT2D eigenvalue weighted by Crippen LogP contribution is 2.52. The van der Waals surface area contributed by atoms with Crippen molar-refractivity contribution in [2.24, 2.45) is 10.8 Å². The standard InChI is InChI=1S/C13H24O4/c1-9(14)17-10-7-12(2,3)8-13(10,4)11(15-5)16-6/h10-11H,7-8H2,1-6H3/t10-,13+/m1/s1. The topological polar surface area (TPSA) is 44.8 Å². The molecule has 0 aliphatic heterocycles. The summed E-state index contributed by atoms with van der Waals surface area (Å²) in [6, 6.07) is 0. The zero-order valence-corrected chi connectivity index (χ0v) is 11.7. The van der Waals surface area contributed by atoms with Crippen LogP contribution in [0.3, 0.4) is 0 Å². The Morgan fingerprint density at radius 2 is 1.76 bits per heavy atom. The lowest BCUT2D eigenvalue weighted by molar-refractivity contribution is -0.205. The van der Waals surface area contributed by atoms with Crippen molar-refractivity contribution in [2.45, 2.75) is 52.9 Å². The Morgan fingerprint density at radius 1 is 1.24 bits per heavy atom. The Balaban J connectivity index is 2.95. The molecule has 0 N–H and O–H groups in total. The third-order valence-corrected chi connectivity index (χ3v) is 3.61. The van der Waals surface area contributed by atoms with Crippen LogP contribution in [0.2, 0.25) is 0 Å². The average Bonchev–Trinajstić information content (AvgIpc) is 2.37. The molecule has 0 bridgehead atoms. The fourth-order valence-electron chi connectivity index (χ4n) is 3.20. The minimum atomic E-state index is -0.353. The van der Waals surface area contributed by atoms with Crippen LogP contribution in [-0.2, 0) is 19.0 Å². The van der Waals surface area contributed by atoms with Gasteiger partial charge in [-0.2, -0.15) is 0 Å². The number of rotatable bonds is 4. The van der Waals surface area contributed by atoms with Gasteiger partial charge in [-0.3, -0.25) is 4.79 Å². The molecule has 0 unspecified atom stereocenters. The van der Waals surface area contributed by atoms with Gasteiger partial charge in [-0.15, -0.1) is 0 Å². The van der Waals surface area contributed by atoms with Gasteiger partial charge >= 0.3 is 5.97 Å². The molecule has 0 aromatic carbocycles. The van der Waals surface area contributed by atoms with E-state index in [-0.39, 0.29) is 29.2 Å². The molecule has 17 heavy (non-hydrogen) atoms. The molecule has 1 rings (SSSR count). The molecule has 4 nitrogen and oxygen atoms in total. The van der Waals surface area contributed by atoms with Crippen LogP contribution in [0.5, 0.6) is 0 Å². The highest BCUT2D eigenvalue weighted by atomic mass is 16.7. The Hall–Kier alpha value is -0.610. The molecule has 4 heteroatoms. The van der Waals surface area contributed by atoms with Crippen molar-refractivity contribution < 1.29 is 19.0 Å². The van der Waals surface area contributed by atoms with E-state index in [9.17, 15) is 4.79 Å². The number of carbonyl (C=O) groups excluding carboxylic acids is 1. The Labute approximate surface area is 104 Å². The highest BCUT2D eigenvalue weighted by molar-refractivity contribution is 5.66. The molecular weight excluding hydrogens is 220 g/mol. The zero-order valence-electron chi connectivity index (χ0n) is 11.7. The first-order valence-electron chi connectivity index (χ1n) is 5.98. The van der Waals surface area contributed by atoms with E-state index < -0.39 is 0 Å². The van der Waals surface area contributed by atoms with Gasteiger partial charge in [0.2, 0.25) is 0 Å². The maximum atomic E-state index is 11.2. The molecule has 1 fully saturated rings.